The zero-order valence-corrected chi connectivity index (χ0v) is 13.0. The molecule has 0 aliphatic rings. The van der Waals surface area contributed by atoms with Crippen molar-refractivity contribution in [3.63, 3.8) is 0 Å². The minimum Gasteiger partial charge on any atom is -0.465 e. The first-order chi connectivity index (χ1) is 10.3. The van der Waals surface area contributed by atoms with E-state index >= 15 is 0 Å². The summed E-state index contributed by atoms with van der Waals surface area (Å²) in [6.07, 6.45) is 6.19. The molecule has 1 rings (SSSR count). The molecule has 0 bridgehead atoms. The molecule has 118 valence electrons. The number of nitrogens with zero attached hydrogens (tertiary/aromatic N) is 2. The maximum absolute atomic E-state index is 11.7. The van der Waals surface area contributed by atoms with Crippen molar-refractivity contribution in [3.8, 4) is 0 Å². The van der Waals surface area contributed by atoms with Crippen LogP contribution in [0.5, 0.6) is 0 Å². The third-order valence-electron chi connectivity index (χ3n) is 3.20. The first kappa shape index (κ1) is 17.6. The fourth-order valence-corrected chi connectivity index (χ4v) is 2.16. The fourth-order valence-electron chi connectivity index (χ4n) is 2.16. The Kier molecular flexibility index (Phi) is 9.40. The third-order valence-corrected chi connectivity index (χ3v) is 3.20. The lowest BCUT2D eigenvalue weighted by Gasteiger charge is -2.20. The zero-order valence-electron chi connectivity index (χ0n) is 13.0. The minimum absolute atomic E-state index is 0.171. The van der Waals surface area contributed by atoms with E-state index in [4.69, 9.17) is 10.5 Å². The van der Waals surface area contributed by atoms with Gasteiger partial charge >= 0.3 is 5.97 Å². The molecule has 0 aliphatic heterocycles. The van der Waals surface area contributed by atoms with Gasteiger partial charge in [-0.1, -0.05) is 18.9 Å². The van der Waals surface area contributed by atoms with Gasteiger partial charge in [-0.2, -0.15) is 0 Å². The number of hydrogen-bond acceptors (Lipinski definition) is 5. The van der Waals surface area contributed by atoms with Crippen molar-refractivity contribution in [2.75, 3.05) is 26.2 Å². The quantitative estimate of drug-likeness (QED) is 0.499. The SMILES string of the molecule is CCOC(=O)CN(CCCCCCN)Cc1ccccn1. The van der Waals surface area contributed by atoms with Crippen LogP contribution in [0.4, 0.5) is 0 Å². The van der Waals surface area contributed by atoms with E-state index in [2.05, 4.69) is 9.88 Å². The van der Waals surface area contributed by atoms with Gasteiger partial charge in [0.05, 0.1) is 18.8 Å². The number of unbranched alkanes of at least 4 members (excludes halogenated alkanes) is 3. The van der Waals surface area contributed by atoms with E-state index in [0.717, 1.165) is 44.5 Å². The molecule has 1 aromatic rings. The summed E-state index contributed by atoms with van der Waals surface area (Å²) in [5.41, 5.74) is 6.47. The molecule has 0 aliphatic carbocycles. The molecule has 1 aromatic heterocycles. The van der Waals surface area contributed by atoms with Crippen LogP contribution in [-0.2, 0) is 16.1 Å². The van der Waals surface area contributed by atoms with Crippen LogP contribution in [-0.4, -0.2) is 42.1 Å². The van der Waals surface area contributed by atoms with Crippen LogP contribution in [0.15, 0.2) is 24.4 Å². The maximum Gasteiger partial charge on any atom is 0.320 e. The molecule has 0 fully saturated rings. The Balaban J connectivity index is 2.43. The number of carbonyl (C=O) groups is 1. The summed E-state index contributed by atoms with van der Waals surface area (Å²) in [6.45, 7) is 4.87. The first-order valence-corrected chi connectivity index (χ1v) is 7.74. The second kappa shape index (κ2) is 11.2. The van der Waals surface area contributed by atoms with Gasteiger partial charge < -0.3 is 10.5 Å². The van der Waals surface area contributed by atoms with Gasteiger partial charge in [-0.3, -0.25) is 14.7 Å². The van der Waals surface area contributed by atoms with Crippen LogP contribution in [0, 0.1) is 0 Å². The maximum atomic E-state index is 11.7. The summed E-state index contributed by atoms with van der Waals surface area (Å²) < 4.78 is 5.04. The largest absolute Gasteiger partial charge is 0.465 e. The smallest absolute Gasteiger partial charge is 0.320 e. The van der Waals surface area contributed by atoms with Crippen molar-refractivity contribution < 1.29 is 9.53 Å². The molecule has 1 heterocycles. The molecule has 0 unspecified atom stereocenters. The molecule has 0 aromatic carbocycles. The lowest BCUT2D eigenvalue weighted by molar-refractivity contribution is -0.144. The molecule has 0 radical (unpaired) electrons. The Morgan fingerprint density at radius 3 is 2.76 bits per heavy atom. The second-order valence-electron chi connectivity index (χ2n) is 5.04. The average Bonchev–Trinajstić information content (AvgIpc) is 2.48. The monoisotopic (exact) mass is 293 g/mol. The van der Waals surface area contributed by atoms with Crippen LogP contribution in [0.2, 0.25) is 0 Å². The molecule has 5 heteroatoms. The van der Waals surface area contributed by atoms with Gasteiger partial charge in [0.2, 0.25) is 0 Å². The molecule has 21 heavy (non-hydrogen) atoms. The van der Waals surface area contributed by atoms with E-state index in [1.54, 1.807) is 6.20 Å². The highest BCUT2D eigenvalue weighted by Gasteiger charge is 2.12. The van der Waals surface area contributed by atoms with Gasteiger partial charge in [-0.05, 0) is 45.0 Å². The number of aromatic nitrogens is 1. The first-order valence-electron chi connectivity index (χ1n) is 7.74. The average molecular weight is 293 g/mol. The van der Waals surface area contributed by atoms with Gasteiger partial charge in [-0.25, -0.2) is 0 Å². The molecule has 5 nitrogen and oxygen atoms in total. The molecule has 0 saturated heterocycles. The summed E-state index contributed by atoms with van der Waals surface area (Å²) in [6, 6.07) is 5.84. The minimum atomic E-state index is -0.171. The number of carbonyl (C=O) groups excluding carboxylic acids is 1. The normalized spacial score (nSPS) is 10.8. The summed E-state index contributed by atoms with van der Waals surface area (Å²) in [5.74, 6) is -0.171. The van der Waals surface area contributed by atoms with Crippen LogP contribution in [0.1, 0.15) is 38.3 Å². The molecule has 2 N–H and O–H groups in total. The van der Waals surface area contributed by atoms with E-state index in [0.29, 0.717) is 19.7 Å². The highest BCUT2D eigenvalue weighted by molar-refractivity contribution is 5.71. The number of nitrogens with two attached hydrogens (primary N) is 1. The van der Waals surface area contributed by atoms with E-state index < -0.39 is 0 Å². The van der Waals surface area contributed by atoms with Crippen LogP contribution >= 0.6 is 0 Å². The van der Waals surface area contributed by atoms with Gasteiger partial charge in [0.1, 0.15) is 0 Å². The standard InChI is InChI=1S/C16H27N3O2/c1-2-21-16(20)14-19(12-8-4-3-6-10-17)13-15-9-5-7-11-18-15/h5,7,9,11H,2-4,6,8,10,12-14,17H2,1H3. The third kappa shape index (κ3) is 8.42. The molecular weight excluding hydrogens is 266 g/mol. The van der Waals surface area contributed by atoms with Crippen molar-refractivity contribution in [3.05, 3.63) is 30.1 Å². The van der Waals surface area contributed by atoms with Gasteiger partial charge in [0.15, 0.2) is 0 Å². The van der Waals surface area contributed by atoms with Gasteiger partial charge in [0, 0.05) is 12.7 Å². The van der Waals surface area contributed by atoms with Crippen molar-refractivity contribution in [1.82, 2.24) is 9.88 Å². The summed E-state index contributed by atoms with van der Waals surface area (Å²) in [5, 5.41) is 0. The number of esters is 1. The van der Waals surface area contributed by atoms with Crippen molar-refractivity contribution in [2.24, 2.45) is 5.73 Å². The molecular formula is C16H27N3O2. The van der Waals surface area contributed by atoms with Crippen molar-refractivity contribution >= 4 is 5.97 Å². The molecule has 0 amide bonds. The van der Waals surface area contributed by atoms with E-state index in [1.165, 1.54) is 0 Å². The van der Waals surface area contributed by atoms with E-state index in [-0.39, 0.29) is 5.97 Å². The lowest BCUT2D eigenvalue weighted by atomic mass is 10.2. The highest BCUT2D eigenvalue weighted by atomic mass is 16.5. The second-order valence-corrected chi connectivity index (χ2v) is 5.04. The van der Waals surface area contributed by atoms with E-state index in [1.807, 2.05) is 25.1 Å². The predicted molar refractivity (Wildman–Crippen MR) is 83.7 cm³/mol. The predicted octanol–water partition coefficient (Wildman–Crippen LogP) is 1.97. The highest BCUT2D eigenvalue weighted by Crippen LogP contribution is 2.06. The number of hydrogen-bond donors (Lipinski definition) is 1. The zero-order chi connectivity index (χ0) is 15.3. The Morgan fingerprint density at radius 2 is 2.10 bits per heavy atom. The van der Waals surface area contributed by atoms with Crippen molar-refractivity contribution in [2.45, 2.75) is 39.2 Å². The number of ether oxygens (including phenoxy) is 1. The Bertz CT molecular complexity index is 384. The molecule has 0 atom stereocenters. The number of pyridine rings is 1. The fraction of sp³-hybridized carbons (Fsp3) is 0.625. The van der Waals surface area contributed by atoms with Crippen molar-refractivity contribution in [1.29, 1.82) is 0 Å². The van der Waals surface area contributed by atoms with Crippen LogP contribution in [0.25, 0.3) is 0 Å². The molecule has 0 spiro atoms. The Labute approximate surface area is 127 Å². The Morgan fingerprint density at radius 1 is 1.29 bits per heavy atom. The van der Waals surface area contributed by atoms with Crippen LogP contribution < -0.4 is 5.73 Å². The summed E-state index contributed by atoms with van der Waals surface area (Å²) in [4.78, 5) is 18.1. The van der Waals surface area contributed by atoms with Gasteiger partial charge in [-0.15, -0.1) is 0 Å². The van der Waals surface area contributed by atoms with Crippen LogP contribution in [0.3, 0.4) is 0 Å². The van der Waals surface area contributed by atoms with Gasteiger partial charge in [0.25, 0.3) is 0 Å². The Hall–Kier alpha value is -1.46. The lowest BCUT2D eigenvalue weighted by Crippen LogP contribution is -2.32. The summed E-state index contributed by atoms with van der Waals surface area (Å²) >= 11 is 0. The topological polar surface area (TPSA) is 68.5 Å². The summed E-state index contributed by atoms with van der Waals surface area (Å²) in [7, 11) is 0. The van der Waals surface area contributed by atoms with E-state index in [9.17, 15) is 4.79 Å². The number of rotatable bonds is 11. The molecule has 0 saturated carbocycles.